The Morgan fingerprint density at radius 1 is 1.10 bits per heavy atom. The third-order valence-electron chi connectivity index (χ3n) is 5.54. The van der Waals surface area contributed by atoms with Crippen molar-refractivity contribution in [3.05, 3.63) is 53.9 Å². The third-order valence-corrected chi connectivity index (χ3v) is 7.58. The number of aromatic nitrogens is 2. The molecule has 0 aliphatic carbocycles. The number of nitrogens with zero attached hydrogens (tertiary/aromatic N) is 3. The van der Waals surface area contributed by atoms with Crippen LogP contribution in [0.15, 0.2) is 47.4 Å². The summed E-state index contributed by atoms with van der Waals surface area (Å²) in [5.41, 5.74) is 3.39. The third kappa shape index (κ3) is 4.80. The van der Waals surface area contributed by atoms with Crippen molar-refractivity contribution in [2.45, 2.75) is 44.9 Å². The van der Waals surface area contributed by atoms with Crippen LogP contribution in [0.4, 0.5) is 5.69 Å². The number of benzene rings is 2. The fourth-order valence-electron chi connectivity index (χ4n) is 3.71. The highest BCUT2D eigenvalue weighted by atomic mass is 32.2. The molecule has 0 aliphatic rings. The summed E-state index contributed by atoms with van der Waals surface area (Å²) in [6.07, 6.45) is 1.60. The Kier molecular flexibility index (Phi) is 7.12. The minimum atomic E-state index is -3.54. The molecule has 166 valence electrons. The van der Waals surface area contributed by atoms with Crippen molar-refractivity contribution >= 4 is 32.7 Å². The van der Waals surface area contributed by atoms with Crippen LogP contribution in [0.3, 0.4) is 0 Å². The van der Waals surface area contributed by atoms with Crippen LogP contribution >= 0.6 is 0 Å². The predicted octanol–water partition coefficient (Wildman–Crippen LogP) is 3.74. The van der Waals surface area contributed by atoms with Crippen molar-refractivity contribution in [3.8, 4) is 0 Å². The minimum Gasteiger partial charge on any atom is -0.331 e. The SMILES string of the molecule is CCc1ccccc1NC(=O)CCc1nc2cc(S(=O)(=O)N(CC)CC)ccc2n1C. The van der Waals surface area contributed by atoms with Gasteiger partial charge in [-0.25, -0.2) is 13.4 Å². The second-order valence-electron chi connectivity index (χ2n) is 7.39. The molecule has 3 aromatic rings. The highest BCUT2D eigenvalue weighted by molar-refractivity contribution is 7.89. The van der Waals surface area contributed by atoms with E-state index in [1.54, 1.807) is 18.2 Å². The predicted molar refractivity (Wildman–Crippen MR) is 124 cm³/mol. The zero-order valence-corrected chi connectivity index (χ0v) is 19.4. The second-order valence-corrected chi connectivity index (χ2v) is 9.32. The van der Waals surface area contributed by atoms with Crippen molar-refractivity contribution in [1.29, 1.82) is 0 Å². The number of hydrogen-bond acceptors (Lipinski definition) is 4. The first-order valence-electron chi connectivity index (χ1n) is 10.6. The summed E-state index contributed by atoms with van der Waals surface area (Å²) in [4.78, 5) is 17.3. The van der Waals surface area contributed by atoms with E-state index in [0.717, 1.165) is 29.0 Å². The highest BCUT2D eigenvalue weighted by Gasteiger charge is 2.22. The van der Waals surface area contributed by atoms with Gasteiger partial charge in [0.1, 0.15) is 5.82 Å². The van der Waals surface area contributed by atoms with Gasteiger partial charge in [-0.3, -0.25) is 4.79 Å². The molecule has 31 heavy (non-hydrogen) atoms. The van der Waals surface area contributed by atoms with Crippen LogP contribution in [0.1, 0.15) is 38.6 Å². The maximum absolute atomic E-state index is 12.8. The standard InChI is InChI=1S/C23H30N4O3S/c1-5-17-10-8-9-11-19(17)25-23(28)15-14-22-24-20-16-18(12-13-21(20)26(22)4)31(29,30)27(6-2)7-3/h8-13,16H,5-7,14-15H2,1-4H3,(H,25,28). The molecule has 0 unspecified atom stereocenters. The molecule has 7 nitrogen and oxygen atoms in total. The molecular weight excluding hydrogens is 412 g/mol. The minimum absolute atomic E-state index is 0.0715. The number of aryl methyl sites for hydroxylation is 3. The molecule has 0 atom stereocenters. The van der Waals surface area contributed by atoms with E-state index in [9.17, 15) is 13.2 Å². The molecule has 0 bridgehead atoms. The molecule has 1 heterocycles. The smallest absolute Gasteiger partial charge is 0.243 e. The number of hydrogen-bond donors (Lipinski definition) is 1. The number of carbonyl (C=O) groups is 1. The number of nitrogens with one attached hydrogen (secondary N) is 1. The van der Waals surface area contributed by atoms with Gasteiger partial charge in [0, 0.05) is 38.7 Å². The zero-order valence-electron chi connectivity index (χ0n) is 18.6. The lowest BCUT2D eigenvalue weighted by Gasteiger charge is -2.18. The Balaban J connectivity index is 1.77. The molecule has 0 radical (unpaired) electrons. The summed E-state index contributed by atoms with van der Waals surface area (Å²) in [7, 11) is -1.66. The van der Waals surface area contributed by atoms with Crippen LogP contribution in [0, 0.1) is 0 Å². The molecule has 8 heteroatoms. The van der Waals surface area contributed by atoms with Gasteiger partial charge in [0.2, 0.25) is 15.9 Å². The van der Waals surface area contributed by atoms with Crippen molar-refractivity contribution in [2.75, 3.05) is 18.4 Å². The first-order valence-corrected chi connectivity index (χ1v) is 12.1. The number of amides is 1. The van der Waals surface area contributed by atoms with Gasteiger partial charge in [-0.15, -0.1) is 0 Å². The number of rotatable bonds is 9. The number of sulfonamides is 1. The van der Waals surface area contributed by atoms with E-state index in [1.807, 2.05) is 49.7 Å². The average molecular weight is 443 g/mol. The van der Waals surface area contributed by atoms with Gasteiger partial charge in [0.05, 0.1) is 15.9 Å². The molecule has 1 amide bonds. The lowest BCUT2D eigenvalue weighted by atomic mass is 10.1. The van der Waals surface area contributed by atoms with Crippen molar-refractivity contribution < 1.29 is 13.2 Å². The lowest BCUT2D eigenvalue weighted by Crippen LogP contribution is -2.30. The highest BCUT2D eigenvalue weighted by Crippen LogP contribution is 2.23. The van der Waals surface area contributed by atoms with Gasteiger partial charge in [-0.2, -0.15) is 4.31 Å². The Morgan fingerprint density at radius 3 is 2.48 bits per heavy atom. The monoisotopic (exact) mass is 442 g/mol. The van der Waals surface area contributed by atoms with Crippen LogP contribution in [-0.4, -0.2) is 41.3 Å². The molecule has 0 saturated heterocycles. The van der Waals surface area contributed by atoms with E-state index in [2.05, 4.69) is 17.2 Å². The average Bonchev–Trinajstić information content (AvgIpc) is 3.08. The van der Waals surface area contributed by atoms with Crippen LogP contribution in [-0.2, 0) is 34.7 Å². The quantitative estimate of drug-likeness (QED) is 0.547. The Hall–Kier alpha value is -2.71. The van der Waals surface area contributed by atoms with Gasteiger partial charge in [0.15, 0.2) is 0 Å². The molecule has 0 aliphatic heterocycles. The van der Waals surface area contributed by atoms with E-state index in [0.29, 0.717) is 31.4 Å². The fraction of sp³-hybridized carbons (Fsp3) is 0.391. The summed E-state index contributed by atoms with van der Waals surface area (Å²) < 4.78 is 29.0. The van der Waals surface area contributed by atoms with E-state index in [4.69, 9.17) is 0 Å². The maximum atomic E-state index is 12.8. The number of carbonyl (C=O) groups excluding carboxylic acids is 1. The van der Waals surface area contributed by atoms with Crippen molar-refractivity contribution in [2.24, 2.45) is 7.05 Å². The van der Waals surface area contributed by atoms with E-state index in [-0.39, 0.29) is 10.8 Å². The summed E-state index contributed by atoms with van der Waals surface area (Å²) in [5.74, 6) is 0.670. The topological polar surface area (TPSA) is 84.3 Å². The number of fused-ring (bicyclic) bond motifs is 1. The molecule has 0 saturated carbocycles. The summed E-state index contributed by atoms with van der Waals surface area (Å²) in [6, 6.07) is 12.8. The Labute approximate surface area is 184 Å². The summed E-state index contributed by atoms with van der Waals surface area (Å²) in [5, 5.41) is 2.98. The zero-order chi connectivity index (χ0) is 22.6. The normalized spacial score (nSPS) is 11.9. The molecule has 0 fully saturated rings. The fourth-order valence-corrected chi connectivity index (χ4v) is 5.19. The molecule has 0 spiro atoms. The summed E-state index contributed by atoms with van der Waals surface area (Å²) in [6.45, 7) is 6.53. The summed E-state index contributed by atoms with van der Waals surface area (Å²) >= 11 is 0. The number of anilines is 1. The Bertz CT molecular complexity index is 1180. The first-order chi connectivity index (χ1) is 14.8. The van der Waals surface area contributed by atoms with Gasteiger partial charge < -0.3 is 9.88 Å². The van der Waals surface area contributed by atoms with Crippen LogP contribution in [0.5, 0.6) is 0 Å². The first kappa shape index (κ1) is 23.0. The van der Waals surface area contributed by atoms with E-state index < -0.39 is 10.0 Å². The lowest BCUT2D eigenvalue weighted by molar-refractivity contribution is -0.116. The molecular formula is C23H30N4O3S. The van der Waals surface area contributed by atoms with Crippen LogP contribution in [0.2, 0.25) is 0 Å². The number of imidazole rings is 1. The van der Waals surface area contributed by atoms with Gasteiger partial charge in [-0.1, -0.05) is 39.0 Å². The Morgan fingerprint density at radius 2 is 1.81 bits per heavy atom. The largest absolute Gasteiger partial charge is 0.331 e. The molecule has 2 aromatic carbocycles. The molecule has 1 aromatic heterocycles. The van der Waals surface area contributed by atoms with Crippen molar-refractivity contribution in [3.63, 3.8) is 0 Å². The maximum Gasteiger partial charge on any atom is 0.243 e. The van der Waals surface area contributed by atoms with E-state index >= 15 is 0 Å². The van der Waals surface area contributed by atoms with Gasteiger partial charge in [-0.05, 0) is 36.2 Å². The molecule has 1 N–H and O–H groups in total. The van der Waals surface area contributed by atoms with Gasteiger partial charge >= 0.3 is 0 Å². The second kappa shape index (κ2) is 9.62. The van der Waals surface area contributed by atoms with Crippen LogP contribution < -0.4 is 5.32 Å². The van der Waals surface area contributed by atoms with Crippen LogP contribution in [0.25, 0.3) is 11.0 Å². The molecule has 3 rings (SSSR count). The van der Waals surface area contributed by atoms with Crippen molar-refractivity contribution in [1.82, 2.24) is 13.9 Å². The van der Waals surface area contributed by atoms with Gasteiger partial charge in [0.25, 0.3) is 0 Å². The van der Waals surface area contributed by atoms with E-state index in [1.165, 1.54) is 4.31 Å². The number of para-hydroxylation sites is 1.